The molecule has 0 N–H and O–H groups in total. The molecule has 0 aliphatic heterocycles. The Bertz CT molecular complexity index is 786. The second-order valence-electron chi connectivity index (χ2n) is 8.62. The van der Waals surface area contributed by atoms with Gasteiger partial charge in [-0.25, -0.2) is 0 Å². The smallest absolute Gasteiger partial charge is 0.169 e. The molecule has 1 aromatic heterocycles. The first-order valence-corrected chi connectivity index (χ1v) is 9.43. The van der Waals surface area contributed by atoms with Gasteiger partial charge in [0.05, 0.1) is 6.67 Å². The number of carbonyl (C=O) groups is 1. The topological polar surface area (TPSA) is 22.0 Å². The number of hydrogen-bond acceptors (Lipinski definition) is 1. The van der Waals surface area contributed by atoms with E-state index in [9.17, 15) is 9.18 Å². The maximum absolute atomic E-state index is 13.4. The number of halogens is 1. The highest BCUT2D eigenvalue weighted by Crippen LogP contribution is 2.69. The number of aryl methyl sites for hydroxylation is 1. The summed E-state index contributed by atoms with van der Waals surface area (Å²) in [6.07, 6.45) is 2.44. The average molecular weight is 343 g/mol. The lowest BCUT2D eigenvalue weighted by molar-refractivity contribution is 0.0946. The molecule has 25 heavy (non-hydrogen) atoms. The van der Waals surface area contributed by atoms with Crippen LogP contribution in [0.15, 0.2) is 24.3 Å². The predicted molar refractivity (Wildman–Crippen MR) is 102 cm³/mol. The molecule has 0 amide bonds. The number of rotatable bonds is 7. The summed E-state index contributed by atoms with van der Waals surface area (Å²) < 4.78 is 14.6. The molecule has 2 aromatic rings. The number of aromatic nitrogens is 1. The van der Waals surface area contributed by atoms with Gasteiger partial charge in [0.1, 0.15) is 0 Å². The Labute approximate surface area is 150 Å². The first-order chi connectivity index (χ1) is 11.7. The fraction of sp³-hybridized carbons (Fsp3) is 0.591. The van der Waals surface area contributed by atoms with E-state index in [-0.39, 0.29) is 29.2 Å². The van der Waals surface area contributed by atoms with Crippen molar-refractivity contribution in [1.29, 1.82) is 0 Å². The summed E-state index contributed by atoms with van der Waals surface area (Å²) >= 11 is 0. The maximum atomic E-state index is 13.4. The zero-order chi connectivity index (χ0) is 18.4. The van der Waals surface area contributed by atoms with Crippen LogP contribution in [0.4, 0.5) is 4.39 Å². The molecule has 0 unspecified atom stereocenters. The van der Waals surface area contributed by atoms with Crippen molar-refractivity contribution in [2.45, 2.75) is 60.4 Å². The molecule has 0 spiro atoms. The third kappa shape index (κ3) is 2.72. The molecule has 0 saturated heterocycles. The number of benzene rings is 1. The van der Waals surface area contributed by atoms with Crippen molar-refractivity contribution in [1.82, 2.24) is 4.57 Å². The maximum Gasteiger partial charge on any atom is 0.169 e. The van der Waals surface area contributed by atoms with Crippen LogP contribution in [-0.2, 0) is 6.54 Å². The highest BCUT2D eigenvalue weighted by molar-refractivity contribution is 6.12. The number of Topliss-reactive ketones (excluding diaryl/α,β-unsaturated/α-hetero) is 1. The Balaban J connectivity index is 1.99. The highest BCUT2D eigenvalue weighted by atomic mass is 19.1. The lowest BCUT2D eigenvalue weighted by Gasteiger charge is -2.08. The monoisotopic (exact) mass is 343 g/mol. The van der Waals surface area contributed by atoms with Gasteiger partial charge >= 0.3 is 0 Å². The molecule has 2 nitrogen and oxygen atoms in total. The molecule has 3 heteroatoms. The predicted octanol–water partition coefficient (Wildman–Crippen LogP) is 5.95. The number of hydrogen-bond donors (Lipinski definition) is 0. The van der Waals surface area contributed by atoms with Crippen LogP contribution in [0, 0.1) is 23.7 Å². The Morgan fingerprint density at radius 2 is 1.72 bits per heavy atom. The van der Waals surface area contributed by atoms with Crippen molar-refractivity contribution < 1.29 is 9.18 Å². The molecule has 0 radical (unpaired) electrons. The Kier molecular flexibility index (Phi) is 4.55. The Hall–Kier alpha value is -1.64. The van der Waals surface area contributed by atoms with Gasteiger partial charge in [-0.05, 0) is 43.1 Å². The molecular formula is C22H30FNO. The molecule has 3 rings (SSSR count). The Morgan fingerprint density at radius 3 is 2.32 bits per heavy atom. The van der Waals surface area contributed by atoms with Crippen LogP contribution in [0.2, 0.25) is 0 Å². The molecule has 136 valence electrons. The minimum atomic E-state index is -0.249. The van der Waals surface area contributed by atoms with Crippen molar-refractivity contribution in [3.8, 4) is 0 Å². The van der Waals surface area contributed by atoms with E-state index >= 15 is 0 Å². The lowest BCUT2D eigenvalue weighted by Crippen LogP contribution is -2.10. The van der Waals surface area contributed by atoms with Gasteiger partial charge in [-0.15, -0.1) is 0 Å². The number of carbonyl (C=O) groups excluding carboxylic acids is 1. The van der Waals surface area contributed by atoms with Gasteiger partial charge in [0.25, 0.3) is 0 Å². The number of para-hydroxylation sites is 1. The van der Waals surface area contributed by atoms with Crippen LogP contribution < -0.4 is 0 Å². The van der Waals surface area contributed by atoms with Crippen molar-refractivity contribution in [3.63, 3.8) is 0 Å². The summed E-state index contributed by atoms with van der Waals surface area (Å²) in [6.45, 7) is 11.4. The minimum Gasteiger partial charge on any atom is -0.344 e. The van der Waals surface area contributed by atoms with Gasteiger partial charge in [-0.1, -0.05) is 45.9 Å². The molecule has 1 heterocycles. The standard InChI is InChI=1S/C22H30FNO/c1-15-18(19(25)20-21(2,3)22(20,4)5)16-11-7-8-12-17(16)24(15)14-10-6-9-13-23/h7-8,11-12,20H,6,9-10,13-14H2,1-5H3. The zero-order valence-corrected chi connectivity index (χ0v) is 16.2. The largest absolute Gasteiger partial charge is 0.344 e. The third-order valence-electron chi connectivity index (χ3n) is 6.78. The van der Waals surface area contributed by atoms with Crippen LogP contribution in [0.3, 0.4) is 0 Å². The van der Waals surface area contributed by atoms with Crippen molar-refractivity contribution >= 4 is 16.7 Å². The second kappa shape index (κ2) is 6.26. The van der Waals surface area contributed by atoms with Gasteiger partial charge < -0.3 is 4.57 Å². The first kappa shape index (κ1) is 18.2. The van der Waals surface area contributed by atoms with Crippen LogP contribution in [0.1, 0.15) is 63.0 Å². The zero-order valence-electron chi connectivity index (χ0n) is 16.2. The fourth-order valence-electron chi connectivity index (χ4n) is 4.57. The van der Waals surface area contributed by atoms with E-state index in [0.717, 1.165) is 41.5 Å². The number of unbranched alkanes of at least 4 members (excludes halogenated alkanes) is 2. The molecule has 1 aromatic carbocycles. The highest BCUT2D eigenvalue weighted by Gasteiger charge is 2.68. The van der Waals surface area contributed by atoms with E-state index in [2.05, 4.69) is 51.3 Å². The number of nitrogens with zero attached hydrogens (tertiary/aromatic N) is 1. The van der Waals surface area contributed by atoms with Gasteiger partial charge in [-0.3, -0.25) is 9.18 Å². The Morgan fingerprint density at radius 1 is 1.08 bits per heavy atom. The van der Waals surface area contributed by atoms with Gasteiger partial charge in [0, 0.05) is 34.6 Å². The average Bonchev–Trinajstić information content (AvgIpc) is 2.82. The van der Waals surface area contributed by atoms with Gasteiger partial charge in [0.15, 0.2) is 5.78 Å². The SMILES string of the molecule is Cc1c(C(=O)C2C(C)(C)C2(C)C)c2ccccc2n1CCCCCF. The minimum absolute atomic E-state index is 0.0425. The molecule has 1 aliphatic carbocycles. The summed E-state index contributed by atoms with van der Waals surface area (Å²) in [5.41, 5.74) is 3.16. The van der Waals surface area contributed by atoms with Crippen LogP contribution in [0.5, 0.6) is 0 Å². The van der Waals surface area contributed by atoms with Crippen LogP contribution >= 0.6 is 0 Å². The fourth-order valence-corrected chi connectivity index (χ4v) is 4.57. The van der Waals surface area contributed by atoms with E-state index in [1.54, 1.807) is 0 Å². The second-order valence-corrected chi connectivity index (χ2v) is 8.62. The number of fused-ring (bicyclic) bond motifs is 1. The normalized spacial score (nSPS) is 18.6. The van der Waals surface area contributed by atoms with Gasteiger partial charge in [-0.2, -0.15) is 0 Å². The molecule has 1 saturated carbocycles. The van der Waals surface area contributed by atoms with Crippen molar-refractivity contribution in [3.05, 3.63) is 35.5 Å². The molecule has 0 bridgehead atoms. The first-order valence-electron chi connectivity index (χ1n) is 9.43. The summed E-state index contributed by atoms with van der Waals surface area (Å²) in [5.74, 6) is 0.357. The third-order valence-corrected chi connectivity index (χ3v) is 6.78. The van der Waals surface area contributed by atoms with Crippen LogP contribution in [0.25, 0.3) is 10.9 Å². The molecule has 0 atom stereocenters. The molecular weight excluding hydrogens is 313 g/mol. The number of ketones is 1. The summed E-state index contributed by atoms with van der Waals surface area (Å²) in [5, 5.41) is 1.06. The summed E-state index contributed by atoms with van der Waals surface area (Å²) in [4.78, 5) is 13.4. The van der Waals surface area contributed by atoms with Crippen LogP contribution in [-0.4, -0.2) is 17.0 Å². The van der Waals surface area contributed by atoms with E-state index in [4.69, 9.17) is 0 Å². The molecule has 1 fully saturated rings. The van der Waals surface area contributed by atoms with E-state index < -0.39 is 0 Å². The van der Waals surface area contributed by atoms with Gasteiger partial charge in [0.2, 0.25) is 0 Å². The molecule has 1 aliphatic rings. The quantitative estimate of drug-likeness (QED) is 0.449. The summed E-state index contributed by atoms with van der Waals surface area (Å²) in [6, 6.07) is 8.20. The van der Waals surface area contributed by atoms with Crippen molar-refractivity contribution in [2.75, 3.05) is 6.67 Å². The van der Waals surface area contributed by atoms with Crippen molar-refractivity contribution in [2.24, 2.45) is 16.7 Å². The van der Waals surface area contributed by atoms with E-state index in [0.29, 0.717) is 6.42 Å². The lowest BCUT2D eigenvalue weighted by atomic mass is 9.99. The van der Waals surface area contributed by atoms with E-state index in [1.165, 1.54) is 0 Å². The summed E-state index contributed by atoms with van der Waals surface area (Å²) in [7, 11) is 0. The van der Waals surface area contributed by atoms with E-state index in [1.807, 2.05) is 12.1 Å². The number of alkyl halides is 1.